The van der Waals surface area contributed by atoms with Crippen LogP contribution in [0.5, 0.6) is 0 Å². The maximum atomic E-state index is 12.6. The summed E-state index contributed by atoms with van der Waals surface area (Å²) in [5.74, 6) is -0.868. The van der Waals surface area contributed by atoms with E-state index in [1.165, 1.54) is 89.9 Å². The molecule has 54 heavy (non-hydrogen) atoms. The van der Waals surface area contributed by atoms with Crippen LogP contribution in [-0.4, -0.2) is 74.9 Å². The van der Waals surface area contributed by atoms with Gasteiger partial charge in [-0.1, -0.05) is 152 Å². The Bertz CT molecular complexity index is 1070. The zero-order valence-electron chi connectivity index (χ0n) is 35.2. The van der Waals surface area contributed by atoms with Crippen molar-refractivity contribution in [3.8, 4) is 0 Å². The number of likely N-dealkylation sites (N-methyl/N-ethyl adjacent to an activating group) is 1. The Morgan fingerprint density at radius 2 is 1.02 bits per heavy atom. The Labute approximate surface area is 331 Å². The number of nitrogens with zero attached hydrogens (tertiary/aromatic N) is 1. The smallest absolute Gasteiger partial charge is 0.462 e. The van der Waals surface area contributed by atoms with Gasteiger partial charge >= 0.3 is 19.8 Å². The Morgan fingerprint density at radius 1 is 0.574 bits per heavy atom. The third-order valence-corrected chi connectivity index (χ3v) is 9.85. The molecular weight excluding hydrogens is 701 g/mol. The summed E-state index contributed by atoms with van der Waals surface area (Å²) in [4.78, 5) is 35.2. The molecule has 0 heterocycles. The van der Waals surface area contributed by atoms with Crippen LogP contribution in [0.3, 0.4) is 0 Å². The number of phosphoric ester groups is 1. The largest absolute Gasteiger partial charge is 0.472 e. The van der Waals surface area contributed by atoms with Gasteiger partial charge < -0.3 is 18.9 Å². The predicted octanol–water partition coefficient (Wildman–Crippen LogP) is 11.9. The van der Waals surface area contributed by atoms with Crippen LogP contribution in [0.25, 0.3) is 0 Å². The van der Waals surface area contributed by atoms with Gasteiger partial charge in [0.15, 0.2) is 6.10 Å². The molecule has 0 aromatic rings. The molecule has 2 atom stereocenters. The van der Waals surface area contributed by atoms with Crippen molar-refractivity contribution in [1.29, 1.82) is 0 Å². The van der Waals surface area contributed by atoms with Crippen molar-refractivity contribution in [2.24, 2.45) is 0 Å². The lowest BCUT2D eigenvalue weighted by Gasteiger charge is -2.24. The molecule has 0 saturated heterocycles. The minimum atomic E-state index is -4.38. The van der Waals surface area contributed by atoms with E-state index in [1.54, 1.807) is 0 Å². The molecule has 0 aromatic heterocycles. The number of quaternary nitrogens is 1. The Balaban J connectivity index is 4.43. The van der Waals surface area contributed by atoms with Crippen LogP contribution in [0, 0.1) is 0 Å². The number of allylic oxidation sites excluding steroid dienone is 8. The summed E-state index contributed by atoms with van der Waals surface area (Å²) in [5.41, 5.74) is 0. The molecule has 0 spiro atoms. The lowest BCUT2D eigenvalue weighted by molar-refractivity contribution is -0.870. The normalized spacial score (nSPS) is 14.1. The number of ether oxygens (including phenoxy) is 2. The zero-order chi connectivity index (χ0) is 40.0. The summed E-state index contributed by atoms with van der Waals surface area (Å²) in [6.07, 6.45) is 41.8. The van der Waals surface area contributed by atoms with Gasteiger partial charge in [-0.2, -0.15) is 0 Å². The van der Waals surface area contributed by atoms with E-state index in [1.807, 2.05) is 27.2 Å². The predicted molar refractivity (Wildman–Crippen MR) is 224 cm³/mol. The first-order chi connectivity index (χ1) is 26.0. The SMILES string of the molecule is CCCCCCCCC/C=C/C/C=C/C/C=C/C/C=C/CCCC(=O)O[C@H](COC(=O)CCCCCCCCCCC)COP(=O)(O)OCC[N+](C)(C)C. The van der Waals surface area contributed by atoms with Gasteiger partial charge in [-0.05, 0) is 51.4 Å². The van der Waals surface area contributed by atoms with E-state index >= 15 is 0 Å². The molecule has 0 radical (unpaired) electrons. The second-order valence-electron chi connectivity index (χ2n) is 15.4. The van der Waals surface area contributed by atoms with Crippen LogP contribution in [0.2, 0.25) is 0 Å². The summed E-state index contributed by atoms with van der Waals surface area (Å²) in [7, 11) is 1.44. The van der Waals surface area contributed by atoms with Gasteiger partial charge in [-0.25, -0.2) is 4.57 Å². The van der Waals surface area contributed by atoms with Crippen LogP contribution >= 0.6 is 7.82 Å². The van der Waals surface area contributed by atoms with E-state index in [0.717, 1.165) is 44.9 Å². The molecule has 314 valence electrons. The molecule has 0 aliphatic rings. The van der Waals surface area contributed by atoms with Gasteiger partial charge in [0.1, 0.15) is 19.8 Å². The molecular formula is C44H81NO8P+. The third kappa shape index (κ3) is 39.7. The summed E-state index contributed by atoms with van der Waals surface area (Å²) < 4.78 is 34.1. The summed E-state index contributed by atoms with van der Waals surface area (Å²) in [6, 6.07) is 0. The first kappa shape index (κ1) is 52.0. The van der Waals surface area contributed by atoms with E-state index < -0.39 is 26.5 Å². The summed E-state index contributed by atoms with van der Waals surface area (Å²) in [6.45, 7) is 4.32. The molecule has 0 amide bonds. The highest BCUT2D eigenvalue weighted by Crippen LogP contribution is 2.43. The fraction of sp³-hybridized carbons (Fsp3) is 0.773. The maximum absolute atomic E-state index is 12.6. The molecule has 0 aliphatic carbocycles. The van der Waals surface area contributed by atoms with Crippen LogP contribution in [-0.2, 0) is 32.7 Å². The van der Waals surface area contributed by atoms with E-state index in [4.69, 9.17) is 18.5 Å². The standard InChI is InChI=1S/C44H80NO8P/c1-6-8-10-12-14-16-17-18-19-20-21-22-23-24-25-26-27-29-31-33-35-37-44(47)53-42(41-52-54(48,49)51-39-38-45(3,4)5)40-50-43(46)36-34-32-30-28-15-13-11-9-7-2/h19-20,22-23,25-26,29,31,42H,6-18,21,24,27-28,30,32-41H2,1-5H3/p+1/b20-19+,23-22+,26-25+,31-29+/t42-/m1/s1. The molecule has 1 N–H and O–H groups in total. The number of carbonyl (C=O) groups excluding carboxylic acids is 2. The fourth-order valence-corrected chi connectivity index (χ4v) is 6.22. The molecule has 9 nitrogen and oxygen atoms in total. The zero-order valence-corrected chi connectivity index (χ0v) is 36.1. The summed E-state index contributed by atoms with van der Waals surface area (Å²) in [5, 5.41) is 0. The van der Waals surface area contributed by atoms with Crippen molar-refractivity contribution in [2.75, 3.05) is 47.5 Å². The quantitative estimate of drug-likeness (QED) is 0.0217. The first-order valence-corrected chi connectivity index (χ1v) is 22.9. The average Bonchev–Trinajstić information content (AvgIpc) is 3.12. The minimum Gasteiger partial charge on any atom is -0.462 e. The molecule has 0 aliphatic heterocycles. The number of rotatable bonds is 38. The number of phosphoric acid groups is 1. The van der Waals surface area contributed by atoms with E-state index in [9.17, 15) is 19.0 Å². The van der Waals surface area contributed by atoms with Gasteiger partial charge in [0.2, 0.25) is 0 Å². The van der Waals surface area contributed by atoms with E-state index in [-0.39, 0.29) is 32.0 Å². The minimum absolute atomic E-state index is 0.0209. The number of esters is 2. The van der Waals surface area contributed by atoms with Crippen molar-refractivity contribution >= 4 is 19.8 Å². The highest BCUT2D eigenvalue weighted by Gasteiger charge is 2.27. The van der Waals surface area contributed by atoms with E-state index in [0.29, 0.717) is 17.4 Å². The first-order valence-electron chi connectivity index (χ1n) is 21.4. The van der Waals surface area contributed by atoms with Gasteiger partial charge in [0.25, 0.3) is 0 Å². The van der Waals surface area contributed by atoms with Gasteiger partial charge in [0, 0.05) is 12.8 Å². The van der Waals surface area contributed by atoms with E-state index in [2.05, 4.69) is 56.4 Å². The topological polar surface area (TPSA) is 108 Å². The fourth-order valence-electron chi connectivity index (χ4n) is 5.48. The van der Waals surface area contributed by atoms with Crippen molar-refractivity contribution < 1.29 is 42.1 Å². The van der Waals surface area contributed by atoms with Gasteiger partial charge in [-0.3, -0.25) is 18.6 Å². The molecule has 10 heteroatoms. The second-order valence-corrected chi connectivity index (χ2v) is 16.8. The van der Waals surface area contributed by atoms with Crippen LogP contribution in [0.15, 0.2) is 48.6 Å². The van der Waals surface area contributed by atoms with Crippen molar-refractivity contribution in [3.05, 3.63) is 48.6 Å². The maximum Gasteiger partial charge on any atom is 0.472 e. The van der Waals surface area contributed by atoms with Gasteiger partial charge in [-0.15, -0.1) is 0 Å². The number of carbonyl (C=O) groups is 2. The lowest BCUT2D eigenvalue weighted by Crippen LogP contribution is -2.37. The number of hydrogen-bond acceptors (Lipinski definition) is 7. The number of hydrogen-bond donors (Lipinski definition) is 1. The highest BCUT2D eigenvalue weighted by atomic mass is 31.2. The van der Waals surface area contributed by atoms with Gasteiger partial charge in [0.05, 0.1) is 27.7 Å². The Hall–Kier alpha value is -2.03. The average molecular weight is 783 g/mol. The lowest BCUT2D eigenvalue weighted by atomic mass is 10.1. The van der Waals surface area contributed by atoms with Crippen molar-refractivity contribution in [3.63, 3.8) is 0 Å². The molecule has 0 fully saturated rings. The van der Waals surface area contributed by atoms with Crippen LogP contribution < -0.4 is 0 Å². The third-order valence-electron chi connectivity index (χ3n) is 8.86. The van der Waals surface area contributed by atoms with Crippen molar-refractivity contribution in [2.45, 2.75) is 174 Å². The molecule has 1 unspecified atom stereocenters. The molecule has 0 saturated carbocycles. The Morgan fingerprint density at radius 3 is 1.54 bits per heavy atom. The van der Waals surface area contributed by atoms with Crippen LogP contribution in [0.1, 0.15) is 168 Å². The van der Waals surface area contributed by atoms with Crippen LogP contribution in [0.4, 0.5) is 0 Å². The molecule has 0 bridgehead atoms. The second kappa shape index (κ2) is 36.6. The summed E-state index contributed by atoms with van der Waals surface area (Å²) >= 11 is 0. The Kier molecular flexibility index (Phi) is 35.2. The number of unbranched alkanes of at least 4 members (excludes halogenated alkanes) is 16. The monoisotopic (exact) mass is 783 g/mol. The van der Waals surface area contributed by atoms with Crippen molar-refractivity contribution in [1.82, 2.24) is 0 Å². The molecule has 0 rings (SSSR count). The highest BCUT2D eigenvalue weighted by molar-refractivity contribution is 7.47. The molecule has 0 aromatic carbocycles.